The minimum Gasteiger partial charge on any atom is -0.508 e. The molecule has 0 aliphatic carbocycles. The lowest BCUT2D eigenvalue weighted by Gasteiger charge is -2.06. The van der Waals surface area contributed by atoms with Crippen molar-refractivity contribution in [2.24, 2.45) is 7.05 Å². The molecule has 0 unspecified atom stereocenters. The number of hydrogen-bond donors (Lipinski definition) is 2. The molecule has 2 rings (SSSR count). The summed E-state index contributed by atoms with van der Waals surface area (Å²) in [5.74, 6) is -0.0739. The highest BCUT2D eigenvalue weighted by Gasteiger charge is 2.13. The van der Waals surface area contributed by atoms with E-state index in [1.807, 2.05) is 6.20 Å². The van der Waals surface area contributed by atoms with E-state index in [0.717, 1.165) is 5.56 Å². The molecule has 0 saturated heterocycles. The van der Waals surface area contributed by atoms with Gasteiger partial charge in [-0.3, -0.25) is 4.68 Å². The van der Waals surface area contributed by atoms with E-state index in [9.17, 15) is 13.5 Å². The quantitative estimate of drug-likeness (QED) is 0.842. The second kappa shape index (κ2) is 5.41. The molecule has 0 aliphatic rings. The zero-order valence-corrected chi connectivity index (χ0v) is 11.3. The Morgan fingerprint density at radius 2 is 2.21 bits per heavy atom. The van der Waals surface area contributed by atoms with E-state index in [2.05, 4.69) is 9.82 Å². The van der Waals surface area contributed by atoms with Crippen LogP contribution < -0.4 is 4.72 Å². The average molecular weight is 281 g/mol. The Balaban J connectivity index is 1.98. The van der Waals surface area contributed by atoms with Crippen molar-refractivity contribution < 1.29 is 13.5 Å². The third kappa shape index (κ3) is 3.55. The number of rotatable bonds is 5. The summed E-state index contributed by atoms with van der Waals surface area (Å²) in [7, 11) is -1.78. The van der Waals surface area contributed by atoms with E-state index in [1.165, 1.54) is 24.3 Å². The fourth-order valence-corrected chi connectivity index (χ4v) is 2.74. The minimum atomic E-state index is -3.58. The first-order valence-electron chi connectivity index (χ1n) is 5.73. The summed E-state index contributed by atoms with van der Waals surface area (Å²) in [6.45, 7) is 0.281. The van der Waals surface area contributed by atoms with E-state index in [0.29, 0.717) is 6.42 Å². The van der Waals surface area contributed by atoms with Gasteiger partial charge in [0.2, 0.25) is 10.0 Å². The molecule has 1 aromatic carbocycles. The molecule has 0 fully saturated rings. The third-order valence-electron chi connectivity index (χ3n) is 2.59. The van der Waals surface area contributed by atoms with Crippen molar-refractivity contribution in [2.45, 2.75) is 11.3 Å². The van der Waals surface area contributed by atoms with Crippen LogP contribution in [0.1, 0.15) is 5.56 Å². The van der Waals surface area contributed by atoms with Crippen LogP contribution in [0.3, 0.4) is 0 Å². The highest BCUT2D eigenvalue weighted by atomic mass is 32.2. The Hall–Kier alpha value is -1.86. The topological polar surface area (TPSA) is 84.2 Å². The molecule has 2 aromatic rings. The van der Waals surface area contributed by atoms with Gasteiger partial charge < -0.3 is 5.11 Å². The van der Waals surface area contributed by atoms with Crippen molar-refractivity contribution in [3.63, 3.8) is 0 Å². The van der Waals surface area contributed by atoms with Crippen molar-refractivity contribution in [3.8, 4) is 5.75 Å². The fraction of sp³-hybridized carbons (Fsp3) is 0.250. The summed E-state index contributed by atoms with van der Waals surface area (Å²) < 4.78 is 28.0. The highest BCUT2D eigenvalue weighted by molar-refractivity contribution is 7.89. The molecule has 102 valence electrons. The number of phenolic OH excluding ortho intramolecular Hbond substituents is 1. The Morgan fingerprint density at radius 1 is 1.42 bits per heavy atom. The van der Waals surface area contributed by atoms with Crippen LogP contribution in [0.5, 0.6) is 5.75 Å². The van der Waals surface area contributed by atoms with Gasteiger partial charge in [-0.1, -0.05) is 6.07 Å². The number of sulfonamides is 1. The van der Waals surface area contributed by atoms with E-state index in [4.69, 9.17) is 0 Å². The molecule has 0 saturated carbocycles. The van der Waals surface area contributed by atoms with Gasteiger partial charge in [0.25, 0.3) is 0 Å². The maximum absolute atomic E-state index is 11.9. The van der Waals surface area contributed by atoms with Crippen LogP contribution in [-0.4, -0.2) is 29.8 Å². The summed E-state index contributed by atoms with van der Waals surface area (Å²) in [6.07, 6.45) is 4.09. The van der Waals surface area contributed by atoms with Crippen molar-refractivity contribution in [2.75, 3.05) is 6.54 Å². The Morgan fingerprint density at radius 3 is 2.84 bits per heavy atom. The van der Waals surface area contributed by atoms with Gasteiger partial charge in [0.15, 0.2) is 0 Å². The maximum Gasteiger partial charge on any atom is 0.240 e. The molecular weight excluding hydrogens is 266 g/mol. The SMILES string of the molecule is Cn1cc(CCNS(=O)(=O)c2cccc(O)c2)cn1. The zero-order valence-electron chi connectivity index (χ0n) is 10.4. The first-order valence-corrected chi connectivity index (χ1v) is 7.22. The van der Waals surface area contributed by atoms with Crippen molar-refractivity contribution in [3.05, 3.63) is 42.2 Å². The second-order valence-electron chi connectivity index (χ2n) is 4.17. The smallest absolute Gasteiger partial charge is 0.240 e. The van der Waals surface area contributed by atoms with Gasteiger partial charge >= 0.3 is 0 Å². The lowest BCUT2D eigenvalue weighted by atomic mass is 10.3. The van der Waals surface area contributed by atoms with Gasteiger partial charge in [0.05, 0.1) is 11.1 Å². The van der Waals surface area contributed by atoms with Crippen LogP contribution >= 0.6 is 0 Å². The van der Waals surface area contributed by atoms with Crippen molar-refractivity contribution in [1.29, 1.82) is 0 Å². The summed E-state index contributed by atoms with van der Waals surface area (Å²) in [5.41, 5.74) is 0.959. The fourth-order valence-electron chi connectivity index (χ4n) is 1.66. The van der Waals surface area contributed by atoms with Crippen LogP contribution in [0, 0.1) is 0 Å². The Labute approximate surface area is 111 Å². The predicted octanol–water partition coefficient (Wildman–Crippen LogP) is 0.647. The molecular formula is C12H15N3O3S. The minimum absolute atomic E-state index is 0.0543. The van der Waals surface area contributed by atoms with Gasteiger partial charge in [-0.05, 0) is 30.2 Å². The molecule has 1 heterocycles. The zero-order chi connectivity index (χ0) is 13.9. The van der Waals surface area contributed by atoms with Crippen LogP contribution in [0.25, 0.3) is 0 Å². The van der Waals surface area contributed by atoms with Crippen LogP contribution in [0.2, 0.25) is 0 Å². The standard InChI is InChI=1S/C12H15N3O3S/c1-15-9-10(8-13-15)5-6-14-19(17,18)12-4-2-3-11(16)7-12/h2-4,7-9,14,16H,5-6H2,1H3. The summed E-state index contributed by atoms with van der Waals surface area (Å²) >= 11 is 0. The monoisotopic (exact) mass is 281 g/mol. The second-order valence-corrected chi connectivity index (χ2v) is 5.93. The van der Waals surface area contributed by atoms with E-state index in [1.54, 1.807) is 17.9 Å². The molecule has 7 heteroatoms. The lowest BCUT2D eigenvalue weighted by molar-refractivity contribution is 0.473. The molecule has 0 amide bonds. The van der Waals surface area contributed by atoms with Crippen molar-refractivity contribution in [1.82, 2.24) is 14.5 Å². The van der Waals surface area contributed by atoms with Crippen LogP contribution in [-0.2, 0) is 23.5 Å². The molecule has 0 atom stereocenters. The first-order chi connectivity index (χ1) is 8.97. The number of hydrogen-bond acceptors (Lipinski definition) is 4. The van der Waals surface area contributed by atoms with Crippen LogP contribution in [0.15, 0.2) is 41.6 Å². The molecule has 0 bridgehead atoms. The maximum atomic E-state index is 11.9. The van der Waals surface area contributed by atoms with E-state index in [-0.39, 0.29) is 17.2 Å². The molecule has 0 spiro atoms. The average Bonchev–Trinajstić information content (AvgIpc) is 2.75. The van der Waals surface area contributed by atoms with Gasteiger partial charge in [-0.15, -0.1) is 0 Å². The third-order valence-corrected chi connectivity index (χ3v) is 4.05. The number of aromatic hydroxyl groups is 1. The molecule has 0 radical (unpaired) electrons. The number of benzene rings is 1. The highest BCUT2D eigenvalue weighted by Crippen LogP contribution is 2.15. The van der Waals surface area contributed by atoms with Gasteiger partial charge in [0.1, 0.15) is 5.75 Å². The normalized spacial score (nSPS) is 11.6. The van der Waals surface area contributed by atoms with E-state index < -0.39 is 10.0 Å². The predicted molar refractivity (Wildman–Crippen MR) is 70.2 cm³/mol. The number of aromatic nitrogens is 2. The largest absolute Gasteiger partial charge is 0.508 e. The molecule has 2 N–H and O–H groups in total. The Kier molecular flexibility index (Phi) is 3.87. The van der Waals surface area contributed by atoms with Gasteiger partial charge in [-0.2, -0.15) is 5.10 Å². The number of aryl methyl sites for hydroxylation is 1. The molecule has 1 aromatic heterocycles. The van der Waals surface area contributed by atoms with E-state index >= 15 is 0 Å². The molecule has 19 heavy (non-hydrogen) atoms. The van der Waals surface area contributed by atoms with Gasteiger partial charge in [0, 0.05) is 19.8 Å². The van der Waals surface area contributed by atoms with Gasteiger partial charge in [-0.25, -0.2) is 13.1 Å². The summed E-state index contributed by atoms with van der Waals surface area (Å²) in [5, 5.41) is 13.3. The summed E-state index contributed by atoms with van der Waals surface area (Å²) in [4.78, 5) is 0.0543. The molecule has 6 nitrogen and oxygen atoms in total. The molecule has 0 aliphatic heterocycles. The number of phenols is 1. The van der Waals surface area contributed by atoms with Crippen LogP contribution in [0.4, 0.5) is 0 Å². The number of nitrogens with one attached hydrogen (secondary N) is 1. The Bertz CT molecular complexity index is 664. The lowest BCUT2D eigenvalue weighted by Crippen LogP contribution is -2.25. The van der Waals surface area contributed by atoms with Crippen molar-refractivity contribution >= 4 is 10.0 Å². The summed E-state index contributed by atoms with van der Waals surface area (Å²) in [6, 6.07) is 5.57. The number of nitrogens with zero attached hydrogens (tertiary/aromatic N) is 2. The first kappa shape index (κ1) is 13.6.